The van der Waals surface area contributed by atoms with Gasteiger partial charge in [0.15, 0.2) is 11.5 Å². The topological polar surface area (TPSA) is 38.1 Å². The van der Waals surface area contributed by atoms with Crippen molar-refractivity contribution in [2.45, 2.75) is 18.7 Å². The van der Waals surface area contributed by atoms with Crippen LogP contribution in [0.25, 0.3) is 11.1 Å². The van der Waals surface area contributed by atoms with Crippen molar-refractivity contribution in [3.63, 3.8) is 0 Å². The quantitative estimate of drug-likeness (QED) is 0.753. The average Bonchev–Trinajstić information content (AvgIpc) is 2.87. The van der Waals surface area contributed by atoms with Gasteiger partial charge < -0.3 is 9.73 Å². The standard InChI is InChI=1S/C17H16N2OS/c1-11-18-15-8-13(6-7-17(15)20-11)19-16-10-21-9-12-4-2-3-5-14(12)16/h2-8,16,19H,9-10H2,1H3. The zero-order valence-electron chi connectivity index (χ0n) is 11.8. The highest BCUT2D eigenvalue weighted by Gasteiger charge is 2.20. The minimum absolute atomic E-state index is 0.352. The summed E-state index contributed by atoms with van der Waals surface area (Å²) in [6, 6.07) is 15.2. The van der Waals surface area contributed by atoms with Crippen LogP contribution in [0.2, 0.25) is 0 Å². The summed E-state index contributed by atoms with van der Waals surface area (Å²) in [7, 11) is 0. The van der Waals surface area contributed by atoms with Gasteiger partial charge >= 0.3 is 0 Å². The van der Waals surface area contributed by atoms with Gasteiger partial charge in [0.2, 0.25) is 0 Å². The van der Waals surface area contributed by atoms with Gasteiger partial charge in [-0.05, 0) is 29.3 Å². The van der Waals surface area contributed by atoms with Crippen LogP contribution in [0, 0.1) is 6.92 Å². The van der Waals surface area contributed by atoms with Crippen LogP contribution >= 0.6 is 11.8 Å². The molecular formula is C17H16N2OS. The summed E-state index contributed by atoms with van der Waals surface area (Å²) in [5.41, 5.74) is 5.70. The van der Waals surface area contributed by atoms with Crippen LogP contribution in [0.3, 0.4) is 0 Å². The predicted octanol–water partition coefficient (Wildman–Crippen LogP) is 4.54. The fourth-order valence-corrected chi connectivity index (χ4v) is 3.93. The van der Waals surface area contributed by atoms with Crippen LogP contribution in [0.5, 0.6) is 0 Å². The lowest BCUT2D eigenvalue weighted by atomic mass is 10.0. The summed E-state index contributed by atoms with van der Waals surface area (Å²) >= 11 is 1.98. The van der Waals surface area contributed by atoms with E-state index in [9.17, 15) is 0 Å². The van der Waals surface area contributed by atoms with Crippen molar-refractivity contribution in [3.8, 4) is 0 Å². The Kier molecular flexibility index (Phi) is 3.11. The number of hydrogen-bond donors (Lipinski definition) is 1. The number of aromatic nitrogens is 1. The SMILES string of the molecule is Cc1nc2cc(NC3CSCc4ccccc43)ccc2o1. The molecule has 4 rings (SSSR count). The van der Waals surface area contributed by atoms with Gasteiger partial charge in [-0.1, -0.05) is 24.3 Å². The Morgan fingerprint density at radius 1 is 1.24 bits per heavy atom. The Hall–Kier alpha value is -1.94. The molecule has 1 N–H and O–H groups in total. The molecule has 0 saturated heterocycles. The fraction of sp³-hybridized carbons (Fsp3) is 0.235. The van der Waals surface area contributed by atoms with Gasteiger partial charge in [0, 0.05) is 24.1 Å². The number of benzene rings is 2. The third-order valence-corrected chi connectivity index (χ3v) is 4.89. The lowest BCUT2D eigenvalue weighted by Crippen LogP contribution is -2.18. The van der Waals surface area contributed by atoms with Gasteiger partial charge in [-0.3, -0.25) is 0 Å². The summed E-state index contributed by atoms with van der Waals surface area (Å²) in [6.07, 6.45) is 0. The maximum absolute atomic E-state index is 5.53. The molecule has 1 aromatic heterocycles. The van der Waals surface area contributed by atoms with E-state index in [4.69, 9.17) is 4.42 Å². The molecule has 0 amide bonds. The van der Waals surface area contributed by atoms with Crippen molar-refractivity contribution in [1.82, 2.24) is 4.98 Å². The first-order valence-electron chi connectivity index (χ1n) is 7.09. The third-order valence-electron chi connectivity index (χ3n) is 3.81. The van der Waals surface area contributed by atoms with Gasteiger partial charge in [0.05, 0.1) is 6.04 Å². The number of anilines is 1. The number of fused-ring (bicyclic) bond motifs is 2. The smallest absolute Gasteiger partial charge is 0.192 e. The summed E-state index contributed by atoms with van der Waals surface area (Å²) in [4.78, 5) is 4.40. The fourth-order valence-electron chi connectivity index (χ4n) is 2.84. The van der Waals surface area contributed by atoms with E-state index >= 15 is 0 Å². The summed E-state index contributed by atoms with van der Waals surface area (Å²) in [5.74, 6) is 2.91. The first kappa shape index (κ1) is 12.8. The van der Waals surface area contributed by atoms with E-state index in [2.05, 4.69) is 46.7 Å². The molecule has 1 atom stereocenters. The maximum atomic E-state index is 5.53. The second-order valence-corrected chi connectivity index (χ2v) is 6.36. The third kappa shape index (κ3) is 2.40. The molecule has 0 aliphatic carbocycles. The van der Waals surface area contributed by atoms with E-state index < -0.39 is 0 Å². The molecule has 4 heteroatoms. The molecule has 0 fully saturated rings. The molecule has 1 aliphatic heterocycles. The van der Waals surface area contributed by atoms with E-state index in [1.807, 2.05) is 24.8 Å². The van der Waals surface area contributed by atoms with Crippen LogP contribution in [-0.4, -0.2) is 10.7 Å². The Labute approximate surface area is 127 Å². The molecule has 2 heterocycles. The van der Waals surface area contributed by atoms with Crippen molar-refractivity contribution < 1.29 is 4.42 Å². The Morgan fingerprint density at radius 2 is 2.14 bits per heavy atom. The Bertz CT molecular complexity index is 796. The van der Waals surface area contributed by atoms with E-state index in [-0.39, 0.29) is 0 Å². The van der Waals surface area contributed by atoms with E-state index in [1.54, 1.807) is 0 Å². The normalized spacial score (nSPS) is 17.7. The molecule has 0 radical (unpaired) electrons. The van der Waals surface area contributed by atoms with Gasteiger partial charge in [0.1, 0.15) is 5.52 Å². The van der Waals surface area contributed by atoms with Crippen LogP contribution in [-0.2, 0) is 5.75 Å². The van der Waals surface area contributed by atoms with E-state index in [1.165, 1.54) is 11.1 Å². The number of aryl methyl sites for hydroxylation is 1. The average molecular weight is 296 g/mol. The highest BCUT2D eigenvalue weighted by molar-refractivity contribution is 7.98. The molecule has 0 spiro atoms. The van der Waals surface area contributed by atoms with Crippen molar-refractivity contribution >= 4 is 28.5 Å². The zero-order chi connectivity index (χ0) is 14.2. The van der Waals surface area contributed by atoms with Crippen molar-refractivity contribution in [2.75, 3.05) is 11.1 Å². The van der Waals surface area contributed by atoms with E-state index in [0.29, 0.717) is 11.9 Å². The lowest BCUT2D eigenvalue weighted by molar-refractivity contribution is 0.561. The van der Waals surface area contributed by atoms with Crippen LogP contribution in [0.4, 0.5) is 5.69 Å². The van der Waals surface area contributed by atoms with Crippen LogP contribution in [0.15, 0.2) is 46.9 Å². The molecule has 2 aromatic carbocycles. The molecule has 3 aromatic rings. The molecule has 21 heavy (non-hydrogen) atoms. The molecule has 3 nitrogen and oxygen atoms in total. The minimum Gasteiger partial charge on any atom is -0.441 e. The summed E-state index contributed by atoms with van der Waals surface area (Å²) in [5, 5.41) is 3.64. The van der Waals surface area contributed by atoms with Crippen LogP contribution in [0.1, 0.15) is 23.1 Å². The predicted molar refractivity (Wildman–Crippen MR) is 87.7 cm³/mol. The lowest BCUT2D eigenvalue weighted by Gasteiger charge is -2.26. The number of nitrogens with zero attached hydrogens (tertiary/aromatic N) is 1. The Morgan fingerprint density at radius 3 is 3.10 bits per heavy atom. The zero-order valence-corrected chi connectivity index (χ0v) is 12.6. The van der Waals surface area contributed by atoms with Gasteiger partial charge in [-0.2, -0.15) is 11.8 Å². The largest absolute Gasteiger partial charge is 0.441 e. The highest BCUT2D eigenvalue weighted by atomic mass is 32.2. The second kappa shape index (κ2) is 5.11. The first-order chi connectivity index (χ1) is 10.3. The van der Waals surface area contributed by atoms with Crippen molar-refractivity contribution in [2.24, 2.45) is 0 Å². The second-order valence-electron chi connectivity index (χ2n) is 5.33. The first-order valence-corrected chi connectivity index (χ1v) is 8.24. The highest BCUT2D eigenvalue weighted by Crippen LogP contribution is 2.34. The molecule has 0 bridgehead atoms. The Balaban J connectivity index is 1.65. The monoisotopic (exact) mass is 296 g/mol. The number of thioether (sulfide) groups is 1. The number of nitrogens with one attached hydrogen (secondary N) is 1. The van der Waals surface area contributed by atoms with Gasteiger partial charge in [0.25, 0.3) is 0 Å². The minimum atomic E-state index is 0.352. The number of hydrogen-bond acceptors (Lipinski definition) is 4. The molecule has 0 saturated carbocycles. The maximum Gasteiger partial charge on any atom is 0.192 e. The van der Waals surface area contributed by atoms with Gasteiger partial charge in [-0.15, -0.1) is 0 Å². The molecule has 1 aliphatic rings. The van der Waals surface area contributed by atoms with Crippen molar-refractivity contribution in [1.29, 1.82) is 0 Å². The molecular weight excluding hydrogens is 280 g/mol. The van der Waals surface area contributed by atoms with E-state index in [0.717, 1.165) is 28.3 Å². The summed E-state index contributed by atoms with van der Waals surface area (Å²) in [6.45, 7) is 1.88. The molecule has 106 valence electrons. The summed E-state index contributed by atoms with van der Waals surface area (Å²) < 4.78 is 5.53. The number of oxazole rings is 1. The van der Waals surface area contributed by atoms with Gasteiger partial charge in [-0.25, -0.2) is 4.98 Å². The number of rotatable bonds is 2. The van der Waals surface area contributed by atoms with Crippen molar-refractivity contribution in [3.05, 3.63) is 59.5 Å². The van der Waals surface area contributed by atoms with Crippen LogP contribution < -0.4 is 5.32 Å². The molecule has 1 unspecified atom stereocenters.